The molecule has 2 aromatic carbocycles. The number of benzene rings is 2. The Morgan fingerprint density at radius 1 is 1.21 bits per heavy atom. The van der Waals surface area contributed by atoms with Gasteiger partial charge in [-0.3, -0.25) is 9.59 Å². The summed E-state index contributed by atoms with van der Waals surface area (Å²) >= 11 is 0. The van der Waals surface area contributed by atoms with E-state index in [1.54, 1.807) is 31.4 Å². The molecule has 2 N–H and O–H groups in total. The second-order valence-electron chi connectivity index (χ2n) is 6.92. The number of aryl methyl sites for hydroxylation is 1. The maximum Gasteiger partial charge on any atom is 0.253 e. The highest BCUT2D eigenvalue weighted by molar-refractivity contribution is 6.04. The summed E-state index contributed by atoms with van der Waals surface area (Å²) in [6.45, 7) is 3.16. The van der Waals surface area contributed by atoms with E-state index in [9.17, 15) is 9.59 Å². The number of carbonyl (C=O) groups excluding carboxylic acids is 2. The number of nitrogens with one attached hydrogen (secondary N) is 2. The van der Waals surface area contributed by atoms with Gasteiger partial charge in [0.1, 0.15) is 5.75 Å². The van der Waals surface area contributed by atoms with Crippen LogP contribution in [0.5, 0.6) is 5.75 Å². The molecule has 1 aliphatic rings. The van der Waals surface area contributed by atoms with Crippen LogP contribution in [0.1, 0.15) is 34.3 Å². The molecular weight excluding hydrogens is 356 g/mol. The van der Waals surface area contributed by atoms with Crippen LogP contribution in [0.25, 0.3) is 0 Å². The zero-order valence-electron chi connectivity index (χ0n) is 16.3. The molecule has 1 heterocycles. The normalized spacial score (nSPS) is 15.9. The fourth-order valence-electron chi connectivity index (χ4n) is 3.33. The molecule has 0 aromatic heterocycles. The number of methoxy groups -OCH3 is 1. The van der Waals surface area contributed by atoms with Crippen molar-refractivity contribution in [1.82, 2.24) is 5.32 Å². The van der Waals surface area contributed by atoms with Gasteiger partial charge in [0, 0.05) is 13.2 Å². The van der Waals surface area contributed by atoms with Crippen LogP contribution < -0.4 is 15.4 Å². The molecular formula is C22H26N2O4. The van der Waals surface area contributed by atoms with Crippen molar-refractivity contribution in [2.75, 3.05) is 25.6 Å². The molecule has 1 saturated heterocycles. The van der Waals surface area contributed by atoms with Crippen molar-refractivity contribution < 1.29 is 19.1 Å². The number of carbonyl (C=O) groups is 2. The van der Waals surface area contributed by atoms with Gasteiger partial charge in [0.05, 0.1) is 30.9 Å². The van der Waals surface area contributed by atoms with E-state index in [-0.39, 0.29) is 24.3 Å². The Labute approximate surface area is 165 Å². The van der Waals surface area contributed by atoms with Gasteiger partial charge in [0.25, 0.3) is 5.91 Å². The molecule has 0 unspecified atom stereocenters. The molecule has 0 aliphatic carbocycles. The lowest BCUT2D eigenvalue weighted by Gasteiger charge is -2.14. The zero-order valence-corrected chi connectivity index (χ0v) is 16.3. The van der Waals surface area contributed by atoms with Gasteiger partial charge in [0.2, 0.25) is 5.91 Å². The van der Waals surface area contributed by atoms with Gasteiger partial charge in [-0.25, -0.2) is 0 Å². The Morgan fingerprint density at radius 3 is 2.75 bits per heavy atom. The minimum absolute atomic E-state index is 0.0732. The molecule has 2 aromatic rings. The molecule has 0 radical (unpaired) electrons. The maximum absolute atomic E-state index is 12.5. The van der Waals surface area contributed by atoms with E-state index >= 15 is 0 Å². The smallest absolute Gasteiger partial charge is 0.253 e. The van der Waals surface area contributed by atoms with Crippen LogP contribution in [0.2, 0.25) is 0 Å². The number of anilines is 1. The zero-order chi connectivity index (χ0) is 19.9. The number of para-hydroxylation sites is 1. The van der Waals surface area contributed by atoms with Crippen molar-refractivity contribution in [2.24, 2.45) is 0 Å². The van der Waals surface area contributed by atoms with Crippen molar-refractivity contribution in [3.8, 4) is 5.75 Å². The first-order chi connectivity index (χ1) is 13.6. The monoisotopic (exact) mass is 382 g/mol. The molecule has 1 atom stereocenters. The Balaban J connectivity index is 1.62. The van der Waals surface area contributed by atoms with Gasteiger partial charge in [-0.2, -0.15) is 0 Å². The quantitative estimate of drug-likeness (QED) is 0.772. The second-order valence-corrected chi connectivity index (χ2v) is 6.92. The summed E-state index contributed by atoms with van der Waals surface area (Å²) in [5, 5.41) is 5.75. The van der Waals surface area contributed by atoms with Crippen LogP contribution in [0, 0.1) is 6.92 Å². The molecule has 6 heteroatoms. The molecule has 148 valence electrons. The van der Waals surface area contributed by atoms with Crippen LogP contribution in [0.4, 0.5) is 5.69 Å². The van der Waals surface area contributed by atoms with Crippen molar-refractivity contribution in [3.63, 3.8) is 0 Å². The Morgan fingerprint density at radius 2 is 2.04 bits per heavy atom. The van der Waals surface area contributed by atoms with E-state index in [1.165, 1.54) is 0 Å². The number of hydrogen-bond donors (Lipinski definition) is 2. The first kappa shape index (κ1) is 19.9. The summed E-state index contributed by atoms with van der Waals surface area (Å²) in [5.41, 5.74) is 2.81. The van der Waals surface area contributed by atoms with Crippen LogP contribution in [0.15, 0.2) is 42.5 Å². The van der Waals surface area contributed by atoms with Crippen molar-refractivity contribution >= 4 is 17.5 Å². The predicted octanol–water partition coefficient (Wildman–Crippen LogP) is 3.09. The Bertz CT molecular complexity index is 844. The SMILES string of the molecule is COc1ccc(CC(=O)Nc2ccccc2C(=O)NC[C@@H]2CCCO2)cc1C. The summed E-state index contributed by atoms with van der Waals surface area (Å²) in [7, 11) is 1.62. The van der Waals surface area contributed by atoms with Gasteiger partial charge in [-0.1, -0.05) is 24.3 Å². The summed E-state index contributed by atoms with van der Waals surface area (Å²) in [5.74, 6) is 0.396. The lowest BCUT2D eigenvalue weighted by Crippen LogP contribution is -2.32. The molecule has 6 nitrogen and oxygen atoms in total. The van der Waals surface area contributed by atoms with Crippen molar-refractivity contribution in [3.05, 3.63) is 59.2 Å². The molecule has 1 aliphatic heterocycles. The molecule has 3 rings (SSSR count). The number of rotatable bonds is 7. The Kier molecular flexibility index (Phi) is 6.66. The largest absolute Gasteiger partial charge is 0.496 e. The molecule has 0 bridgehead atoms. The molecule has 1 fully saturated rings. The number of amides is 2. The van der Waals surface area contributed by atoms with Crippen LogP contribution in [-0.2, 0) is 16.0 Å². The second kappa shape index (κ2) is 9.37. The third-order valence-corrected chi connectivity index (χ3v) is 4.78. The molecule has 0 spiro atoms. The van der Waals surface area contributed by atoms with Gasteiger partial charge in [-0.05, 0) is 49.1 Å². The Hall–Kier alpha value is -2.86. The first-order valence-electron chi connectivity index (χ1n) is 9.49. The minimum Gasteiger partial charge on any atom is -0.496 e. The summed E-state index contributed by atoms with van der Waals surface area (Å²) in [6.07, 6.45) is 2.28. The average Bonchev–Trinajstić information content (AvgIpc) is 3.20. The van der Waals surface area contributed by atoms with E-state index in [0.29, 0.717) is 17.8 Å². The topological polar surface area (TPSA) is 76.7 Å². The molecule has 2 amide bonds. The predicted molar refractivity (Wildman–Crippen MR) is 108 cm³/mol. The first-order valence-corrected chi connectivity index (χ1v) is 9.49. The van der Waals surface area contributed by atoms with E-state index in [0.717, 1.165) is 36.3 Å². The summed E-state index contributed by atoms with van der Waals surface area (Å²) in [4.78, 5) is 25.0. The number of hydrogen-bond acceptors (Lipinski definition) is 4. The number of ether oxygens (including phenoxy) is 2. The standard InChI is InChI=1S/C22H26N2O4/c1-15-12-16(9-10-20(15)27-2)13-21(25)24-19-8-4-3-7-18(19)22(26)23-14-17-6-5-11-28-17/h3-4,7-10,12,17H,5-6,11,13-14H2,1-2H3,(H,23,26)(H,24,25)/t17-/m0/s1. The van der Waals surface area contributed by atoms with Crippen LogP contribution in [-0.4, -0.2) is 38.2 Å². The lowest BCUT2D eigenvalue weighted by molar-refractivity contribution is -0.115. The minimum atomic E-state index is -0.216. The lowest BCUT2D eigenvalue weighted by atomic mass is 10.1. The fraction of sp³-hybridized carbons (Fsp3) is 0.364. The van der Waals surface area contributed by atoms with Gasteiger partial charge < -0.3 is 20.1 Å². The summed E-state index contributed by atoms with van der Waals surface area (Å²) < 4.78 is 10.8. The highest BCUT2D eigenvalue weighted by atomic mass is 16.5. The average molecular weight is 382 g/mol. The van der Waals surface area contributed by atoms with E-state index in [4.69, 9.17) is 9.47 Å². The van der Waals surface area contributed by atoms with E-state index in [1.807, 2.05) is 25.1 Å². The van der Waals surface area contributed by atoms with E-state index < -0.39 is 0 Å². The fourth-order valence-corrected chi connectivity index (χ4v) is 3.33. The highest BCUT2D eigenvalue weighted by Gasteiger charge is 2.18. The van der Waals surface area contributed by atoms with Gasteiger partial charge >= 0.3 is 0 Å². The third-order valence-electron chi connectivity index (χ3n) is 4.78. The van der Waals surface area contributed by atoms with Crippen molar-refractivity contribution in [1.29, 1.82) is 0 Å². The van der Waals surface area contributed by atoms with Crippen LogP contribution in [0.3, 0.4) is 0 Å². The highest BCUT2D eigenvalue weighted by Crippen LogP contribution is 2.20. The van der Waals surface area contributed by atoms with E-state index in [2.05, 4.69) is 10.6 Å². The van der Waals surface area contributed by atoms with Gasteiger partial charge in [0.15, 0.2) is 0 Å². The van der Waals surface area contributed by atoms with Crippen LogP contribution >= 0.6 is 0 Å². The third kappa shape index (κ3) is 5.10. The summed E-state index contributed by atoms with van der Waals surface area (Å²) in [6, 6.07) is 12.7. The maximum atomic E-state index is 12.5. The molecule has 28 heavy (non-hydrogen) atoms. The van der Waals surface area contributed by atoms with Crippen molar-refractivity contribution in [2.45, 2.75) is 32.3 Å². The van der Waals surface area contributed by atoms with Gasteiger partial charge in [-0.15, -0.1) is 0 Å². The molecule has 0 saturated carbocycles.